The highest BCUT2D eigenvalue weighted by Crippen LogP contribution is 2.31. The average molecular weight is 358 g/mol. The zero-order chi connectivity index (χ0) is 18.9. The number of rotatable bonds is 3. The predicted octanol–water partition coefficient (Wildman–Crippen LogP) is 5.42. The second-order valence-corrected chi connectivity index (χ2v) is 7.42. The van der Waals surface area contributed by atoms with E-state index in [1.165, 1.54) is 5.56 Å². The maximum Gasteiger partial charge on any atom is 0.412 e. The summed E-state index contributed by atoms with van der Waals surface area (Å²) in [6, 6.07) is 10.3. The molecule has 0 saturated carbocycles. The molecule has 1 aliphatic rings. The van der Waals surface area contributed by atoms with Crippen LogP contribution in [0.15, 0.2) is 48.7 Å². The number of nitrogens with one attached hydrogen (secondary N) is 1. The molecule has 3 rings (SSSR count). The molecule has 1 aromatic heterocycles. The third-order valence-electron chi connectivity index (χ3n) is 4.30. The van der Waals surface area contributed by atoms with Gasteiger partial charge in [-0.25, -0.2) is 0 Å². The second kappa shape index (κ2) is 6.63. The topological polar surface area (TPSA) is 24.9 Å². The van der Waals surface area contributed by atoms with E-state index in [1.54, 1.807) is 12.3 Å². The molecule has 2 heterocycles. The van der Waals surface area contributed by atoms with Gasteiger partial charge in [0.2, 0.25) is 0 Å². The molecule has 1 aromatic carbocycles. The van der Waals surface area contributed by atoms with Gasteiger partial charge in [0, 0.05) is 6.20 Å². The second-order valence-electron chi connectivity index (χ2n) is 7.42. The predicted molar refractivity (Wildman–Crippen MR) is 99.3 cm³/mol. The molecule has 2 nitrogen and oxygen atoms in total. The van der Waals surface area contributed by atoms with E-state index in [2.05, 4.69) is 55.3 Å². The fraction of sp³-hybridized carbons (Fsp3) is 0.286. The molecule has 0 spiro atoms. The molecular weight excluding hydrogens is 337 g/mol. The first-order valence-electron chi connectivity index (χ1n) is 8.43. The van der Waals surface area contributed by atoms with Crippen LogP contribution in [0.1, 0.15) is 43.2 Å². The molecule has 1 aliphatic heterocycles. The van der Waals surface area contributed by atoms with Crippen LogP contribution in [0.3, 0.4) is 0 Å². The zero-order valence-corrected chi connectivity index (χ0v) is 14.9. The van der Waals surface area contributed by atoms with Crippen LogP contribution in [0.2, 0.25) is 0 Å². The number of nitrogens with zero attached hydrogens (tertiary/aromatic N) is 1. The number of benzene rings is 1. The number of aromatic nitrogens is 1. The molecule has 2 aromatic rings. The van der Waals surface area contributed by atoms with Gasteiger partial charge >= 0.3 is 6.18 Å². The Morgan fingerprint density at radius 1 is 0.962 bits per heavy atom. The van der Waals surface area contributed by atoms with Gasteiger partial charge < -0.3 is 5.32 Å². The van der Waals surface area contributed by atoms with Gasteiger partial charge in [-0.15, -0.1) is 0 Å². The van der Waals surface area contributed by atoms with Gasteiger partial charge in [0.25, 0.3) is 0 Å². The quantitative estimate of drug-likeness (QED) is 0.792. The van der Waals surface area contributed by atoms with Crippen LogP contribution in [0.4, 0.5) is 13.2 Å². The molecule has 26 heavy (non-hydrogen) atoms. The molecule has 0 aliphatic carbocycles. The molecule has 1 N–H and O–H groups in total. The van der Waals surface area contributed by atoms with Gasteiger partial charge in [-0.1, -0.05) is 57.2 Å². The van der Waals surface area contributed by atoms with Crippen LogP contribution < -0.4 is 5.32 Å². The molecule has 136 valence electrons. The minimum absolute atomic E-state index is 0.111. The first-order valence-corrected chi connectivity index (χ1v) is 8.43. The van der Waals surface area contributed by atoms with Crippen molar-refractivity contribution >= 4 is 17.8 Å². The molecule has 1 unspecified atom stereocenters. The van der Waals surface area contributed by atoms with Crippen molar-refractivity contribution in [2.75, 3.05) is 0 Å². The van der Waals surface area contributed by atoms with Gasteiger partial charge in [0.05, 0.1) is 11.4 Å². The van der Waals surface area contributed by atoms with Gasteiger partial charge in [0.1, 0.15) is 6.04 Å². The number of hydrogen-bond acceptors (Lipinski definition) is 2. The summed E-state index contributed by atoms with van der Waals surface area (Å²) >= 11 is 0. The van der Waals surface area contributed by atoms with Crippen LogP contribution in [0.25, 0.3) is 17.8 Å². The highest BCUT2D eigenvalue weighted by molar-refractivity contribution is 5.73. The van der Waals surface area contributed by atoms with Crippen molar-refractivity contribution in [2.24, 2.45) is 0 Å². The van der Waals surface area contributed by atoms with Gasteiger partial charge in [-0.2, -0.15) is 13.2 Å². The maximum atomic E-state index is 12.5. The standard InChI is InChI=1S/C21H21F3N2/c1-20(2,3)16-8-6-14(7-9-16)4-5-15-10-11-25-17(12-15)18-13-19(26-18)21(22,23)24/h4-13,19,26H,1-3H3/b5-4+. The number of pyridine rings is 1. The summed E-state index contributed by atoms with van der Waals surface area (Å²) in [6.45, 7) is 6.51. The third-order valence-corrected chi connectivity index (χ3v) is 4.30. The molecule has 0 fully saturated rings. The first-order chi connectivity index (χ1) is 12.1. The monoisotopic (exact) mass is 358 g/mol. The van der Waals surface area contributed by atoms with Crippen molar-refractivity contribution in [2.45, 2.75) is 38.4 Å². The number of alkyl halides is 3. The van der Waals surface area contributed by atoms with E-state index >= 15 is 0 Å². The fourth-order valence-corrected chi connectivity index (χ4v) is 2.65. The lowest BCUT2D eigenvalue weighted by Gasteiger charge is -2.29. The lowest BCUT2D eigenvalue weighted by molar-refractivity contribution is -0.144. The van der Waals surface area contributed by atoms with E-state index in [4.69, 9.17) is 0 Å². The Hall–Kier alpha value is -2.56. The van der Waals surface area contributed by atoms with Gasteiger partial charge in [0.15, 0.2) is 0 Å². The lowest BCUT2D eigenvalue weighted by atomic mass is 9.87. The summed E-state index contributed by atoms with van der Waals surface area (Å²) in [5, 5.41) is 2.41. The molecule has 0 amide bonds. The lowest BCUT2D eigenvalue weighted by Crippen LogP contribution is -2.46. The van der Waals surface area contributed by atoms with Crippen molar-refractivity contribution < 1.29 is 13.2 Å². The SMILES string of the molecule is CC(C)(C)c1ccc(/C=C/c2ccnc(C3=CC(C(F)(F)F)N3)c2)cc1. The fourth-order valence-electron chi connectivity index (χ4n) is 2.65. The molecule has 1 atom stereocenters. The summed E-state index contributed by atoms with van der Waals surface area (Å²) in [6.07, 6.45) is 2.40. The highest BCUT2D eigenvalue weighted by atomic mass is 19.4. The maximum absolute atomic E-state index is 12.5. The van der Waals surface area contributed by atoms with E-state index in [0.717, 1.165) is 17.2 Å². The molecular formula is C21H21F3N2. The third kappa shape index (κ3) is 4.15. The number of hydrogen-bond donors (Lipinski definition) is 1. The summed E-state index contributed by atoms with van der Waals surface area (Å²) < 4.78 is 37.6. The van der Waals surface area contributed by atoms with Crippen molar-refractivity contribution in [1.29, 1.82) is 0 Å². The van der Waals surface area contributed by atoms with E-state index in [1.807, 2.05) is 18.2 Å². The number of halogens is 3. The Labute approximate surface area is 151 Å². The first kappa shape index (κ1) is 18.2. The highest BCUT2D eigenvalue weighted by Gasteiger charge is 2.43. The van der Waals surface area contributed by atoms with Crippen molar-refractivity contribution in [1.82, 2.24) is 10.3 Å². The summed E-state index contributed by atoms with van der Waals surface area (Å²) in [7, 11) is 0. The van der Waals surface area contributed by atoms with Crippen LogP contribution in [-0.4, -0.2) is 17.2 Å². The minimum atomic E-state index is -4.26. The van der Waals surface area contributed by atoms with Crippen LogP contribution in [0.5, 0.6) is 0 Å². The average Bonchev–Trinajstić information content (AvgIpc) is 2.50. The Morgan fingerprint density at radius 3 is 2.15 bits per heavy atom. The molecule has 0 bridgehead atoms. The summed E-state index contributed by atoms with van der Waals surface area (Å²) in [5.74, 6) is 0. The van der Waals surface area contributed by atoms with E-state index in [0.29, 0.717) is 11.4 Å². The van der Waals surface area contributed by atoms with Crippen molar-refractivity contribution in [3.05, 3.63) is 71.1 Å². The van der Waals surface area contributed by atoms with Gasteiger partial charge in [-0.05, 0) is 40.3 Å². The summed E-state index contributed by atoms with van der Waals surface area (Å²) in [4.78, 5) is 4.14. The zero-order valence-electron chi connectivity index (χ0n) is 14.9. The Balaban J connectivity index is 1.72. The normalized spacial score (nSPS) is 17.6. The van der Waals surface area contributed by atoms with E-state index in [9.17, 15) is 13.2 Å². The van der Waals surface area contributed by atoms with Crippen molar-refractivity contribution in [3.8, 4) is 0 Å². The van der Waals surface area contributed by atoms with E-state index < -0.39 is 12.2 Å². The summed E-state index contributed by atoms with van der Waals surface area (Å²) in [5.41, 5.74) is 4.25. The van der Waals surface area contributed by atoms with Gasteiger partial charge in [-0.3, -0.25) is 4.98 Å². The van der Waals surface area contributed by atoms with E-state index in [-0.39, 0.29) is 5.41 Å². The Bertz CT molecular complexity index is 841. The van der Waals surface area contributed by atoms with Crippen molar-refractivity contribution in [3.63, 3.8) is 0 Å². The minimum Gasteiger partial charge on any atom is -0.369 e. The smallest absolute Gasteiger partial charge is 0.369 e. The van der Waals surface area contributed by atoms with Crippen LogP contribution in [-0.2, 0) is 5.41 Å². The molecule has 0 radical (unpaired) electrons. The largest absolute Gasteiger partial charge is 0.412 e. The Morgan fingerprint density at radius 2 is 1.58 bits per heavy atom. The van der Waals surface area contributed by atoms with Crippen LogP contribution in [0, 0.1) is 0 Å². The van der Waals surface area contributed by atoms with Crippen LogP contribution >= 0.6 is 0 Å². The molecule has 0 saturated heterocycles. The Kier molecular flexibility index (Phi) is 4.65. The molecule has 5 heteroatoms.